The molecule has 0 radical (unpaired) electrons. The topological polar surface area (TPSA) is 262 Å². The molecule has 0 amide bonds. The van der Waals surface area contributed by atoms with Crippen molar-refractivity contribution in [3.8, 4) is 0 Å². The molecule has 5 rings (SSSR count). The summed E-state index contributed by atoms with van der Waals surface area (Å²) < 4.78 is 28.4. The predicted molar refractivity (Wildman–Crippen MR) is 164 cm³/mol. The molecule has 0 aromatic carbocycles. The maximum absolute atomic E-state index is 13.8. The number of nitrogens with zero attached hydrogens (tertiary/aromatic N) is 1. The van der Waals surface area contributed by atoms with E-state index in [1.54, 1.807) is 27.7 Å². The molecule has 8 N–H and O–H groups in total. The van der Waals surface area contributed by atoms with Gasteiger partial charge in [0.1, 0.15) is 18.2 Å². The number of allylic oxidation sites excluding steroid dienone is 3. The highest BCUT2D eigenvalue weighted by atomic mass is 16.6. The third kappa shape index (κ3) is 5.20. The second-order valence-electron chi connectivity index (χ2n) is 14.0. The lowest BCUT2D eigenvalue weighted by Crippen LogP contribution is -2.79. The molecule has 5 aliphatic rings. The van der Waals surface area contributed by atoms with E-state index in [4.69, 9.17) is 40.9 Å². The van der Waals surface area contributed by atoms with Crippen LogP contribution in [0.4, 0.5) is 0 Å². The summed E-state index contributed by atoms with van der Waals surface area (Å²) >= 11 is 0. The van der Waals surface area contributed by atoms with Crippen molar-refractivity contribution in [1.29, 1.82) is 0 Å². The number of rotatable bonds is 9. The third-order valence-electron chi connectivity index (χ3n) is 10.9. The molecule has 264 valence electrons. The van der Waals surface area contributed by atoms with Gasteiger partial charge in [-0.2, -0.15) is 0 Å². The van der Waals surface area contributed by atoms with Crippen molar-refractivity contribution in [3.63, 3.8) is 0 Å². The zero-order chi connectivity index (χ0) is 35.5. The zero-order valence-corrected chi connectivity index (χ0v) is 27.6. The van der Waals surface area contributed by atoms with E-state index in [2.05, 4.69) is 4.99 Å². The predicted octanol–water partition coefficient (Wildman–Crippen LogP) is -1.12. The Bertz CT molecular complexity index is 1500. The molecule has 16 heteroatoms. The fourth-order valence-corrected chi connectivity index (χ4v) is 9.19. The van der Waals surface area contributed by atoms with E-state index >= 15 is 0 Å². The molecule has 11 atom stereocenters. The molecular weight excluding hydrogens is 632 g/mol. The van der Waals surface area contributed by atoms with Crippen LogP contribution >= 0.6 is 0 Å². The van der Waals surface area contributed by atoms with Gasteiger partial charge in [-0.25, -0.2) is 19.2 Å². The van der Waals surface area contributed by atoms with Gasteiger partial charge in [0.05, 0.1) is 25.7 Å². The molecule has 48 heavy (non-hydrogen) atoms. The molecule has 2 saturated carbocycles. The van der Waals surface area contributed by atoms with E-state index in [1.807, 2.05) is 0 Å². The molecule has 16 nitrogen and oxygen atoms in total. The highest BCUT2D eigenvalue weighted by molar-refractivity contribution is 5.98. The zero-order valence-electron chi connectivity index (χ0n) is 27.6. The Morgan fingerprint density at radius 1 is 1.17 bits per heavy atom. The number of aliphatic imine (C=N–C) groups is 1. The summed E-state index contributed by atoms with van der Waals surface area (Å²) in [6.07, 6.45) is -4.77. The van der Waals surface area contributed by atoms with Gasteiger partial charge in [0.25, 0.3) is 0 Å². The van der Waals surface area contributed by atoms with Crippen molar-refractivity contribution >= 4 is 35.6 Å². The maximum atomic E-state index is 13.8. The Labute approximate surface area is 277 Å². The highest BCUT2D eigenvalue weighted by Gasteiger charge is 2.85. The van der Waals surface area contributed by atoms with Gasteiger partial charge in [0, 0.05) is 30.4 Å². The average Bonchev–Trinajstić information content (AvgIpc) is 3.31. The van der Waals surface area contributed by atoms with Gasteiger partial charge in [0.2, 0.25) is 11.7 Å². The van der Waals surface area contributed by atoms with Gasteiger partial charge >= 0.3 is 23.9 Å². The molecular formula is C32H44N4O12. The number of esters is 4. The van der Waals surface area contributed by atoms with Crippen LogP contribution in [0.5, 0.6) is 0 Å². The maximum Gasteiger partial charge on any atom is 0.348 e. The summed E-state index contributed by atoms with van der Waals surface area (Å²) in [5, 5.41) is 23.7. The van der Waals surface area contributed by atoms with Crippen LogP contribution < -0.4 is 17.2 Å². The number of ketones is 1. The van der Waals surface area contributed by atoms with Crippen molar-refractivity contribution < 1.29 is 57.9 Å². The molecule has 2 unspecified atom stereocenters. The molecule has 2 saturated heterocycles. The van der Waals surface area contributed by atoms with E-state index in [-0.39, 0.29) is 44.1 Å². The SMILES string of the molecule is COC(=O)C12OC[C@]34C([C@@H](O)[C@@H]1O)[C@@]1(C)CC(=O)C(OC(=O)[C@@H](N)CCCN=C(N)N)=C(C)[C@@H]1C[C@H]3OC(=O)[C@H](OC(=O)C=C(C)C)[C@@H]24. The number of hydrogen-bond donors (Lipinski definition) is 5. The van der Waals surface area contributed by atoms with Crippen molar-refractivity contribution in [3.05, 3.63) is 23.0 Å². The highest BCUT2D eigenvalue weighted by Crippen LogP contribution is 2.72. The second kappa shape index (κ2) is 12.5. The van der Waals surface area contributed by atoms with Crippen LogP contribution in [0.2, 0.25) is 0 Å². The van der Waals surface area contributed by atoms with E-state index in [0.29, 0.717) is 17.6 Å². The molecule has 0 aromatic heterocycles. The van der Waals surface area contributed by atoms with Crippen LogP contribution in [0.3, 0.4) is 0 Å². The number of fused-ring (bicyclic) bond motifs is 2. The first kappa shape index (κ1) is 35.4. The first-order valence-electron chi connectivity index (χ1n) is 15.9. The average molecular weight is 677 g/mol. The number of methoxy groups -OCH3 is 1. The molecule has 2 aliphatic heterocycles. The standard InChI is InChI=1S/C32H44N4O12/c1-13(2)9-19(38)47-22-24-31-12-45-32(24,28(43)44-5)25(40)20(39)23(31)30(4)11-17(37)21(14(3)15(30)10-18(31)46-27(22)42)48-26(41)16(33)7-6-8-36-29(34)35/h9,15-16,18,20,22-25,39-40H,6-8,10-12,33H2,1-5H3,(H4,34,35,36)/t15-,16-,18+,20+,22+,23?,24+,25-,30-,31+,32?/m0/s1. The van der Waals surface area contributed by atoms with Crippen LogP contribution in [-0.2, 0) is 47.7 Å². The van der Waals surface area contributed by atoms with E-state index in [0.717, 1.165) is 7.11 Å². The van der Waals surface area contributed by atoms with Gasteiger partial charge in [-0.1, -0.05) is 12.5 Å². The van der Waals surface area contributed by atoms with Crippen molar-refractivity contribution in [2.24, 2.45) is 50.8 Å². The minimum Gasteiger partial charge on any atom is -0.467 e. The number of Topliss-reactive ketones (excluding diaryl/α,β-unsaturated/α-hetero) is 1. The largest absolute Gasteiger partial charge is 0.467 e. The Kier molecular flexibility index (Phi) is 9.27. The lowest BCUT2D eigenvalue weighted by molar-refractivity contribution is -0.290. The Hall–Kier alpha value is -3.86. The number of nitrogens with two attached hydrogens (primary N) is 3. The Balaban J connectivity index is 1.55. The van der Waals surface area contributed by atoms with Crippen molar-refractivity contribution in [1.82, 2.24) is 0 Å². The fourth-order valence-electron chi connectivity index (χ4n) is 9.19. The number of carbonyl (C=O) groups is 5. The van der Waals surface area contributed by atoms with Crippen molar-refractivity contribution in [2.75, 3.05) is 20.3 Å². The number of aliphatic hydroxyl groups excluding tert-OH is 2. The molecule has 4 fully saturated rings. The summed E-state index contributed by atoms with van der Waals surface area (Å²) in [6, 6.07) is -1.07. The number of guanidine groups is 1. The summed E-state index contributed by atoms with van der Waals surface area (Å²) in [6.45, 7) is 6.66. The van der Waals surface area contributed by atoms with Crippen LogP contribution in [0.15, 0.2) is 28.0 Å². The first-order valence-corrected chi connectivity index (χ1v) is 15.9. The normalized spacial score (nSPS) is 38.5. The lowest BCUT2D eigenvalue weighted by Gasteiger charge is -2.67. The van der Waals surface area contributed by atoms with Gasteiger partial charge < -0.3 is 51.1 Å². The lowest BCUT2D eigenvalue weighted by atomic mass is 9.38. The van der Waals surface area contributed by atoms with Crippen LogP contribution in [0, 0.1) is 28.6 Å². The van der Waals surface area contributed by atoms with Crippen LogP contribution in [-0.4, -0.2) is 102 Å². The van der Waals surface area contributed by atoms with Gasteiger partial charge in [0.15, 0.2) is 17.5 Å². The number of aliphatic hydroxyl groups is 2. The molecule has 3 aliphatic carbocycles. The summed E-state index contributed by atoms with van der Waals surface area (Å²) in [5.74, 6) is -7.53. The van der Waals surface area contributed by atoms with Gasteiger partial charge in [-0.15, -0.1) is 0 Å². The van der Waals surface area contributed by atoms with E-state index in [9.17, 15) is 34.2 Å². The van der Waals surface area contributed by atoms with Gasteiger partial charge in [-0.05, 0) is 56.9 Å². The number of hydrogen-bond acceptors (Lipinski definition) is 14. The molecule has 2 heterocycles. The molecule has 2 bridgehead atoms. The number of carbonyl (C=O) groups excluding carboxylic acids is 5. The monoisotopic (exact) mass is 676 g/mol. The summed E-state index contributed by atoms with van der Waals surface area (Å²) in [4.78, 5) is 70.7. The number of ether oxygens (including phenoxy) is 5. The van der Waals surface area contributed by atoms with E-state index in [1.165, 1.54) is 6.08 Å². The molecule has 1 spiro atoms. The molecule has 0 aromatic rings. The van der Waals surface area contributed by atoms with E-state index < -0.39 is 94.3 Å². The fraction of sp³-hybridized carbons (Fsp3) is 0.688. The quantitative estimate of drug-likeness (QED) is 0.0484. The summed E-state index contributed by atoms with van der Waals surface area (Å²) in [5.41, 5.74) is 12.8. The van der Waals surface area contributed by atoms with Crippen LogP contribution in [0.1, 0.15) is 53.4 Å². The Morgan fingerprint density at radius 2 is 1.85 bits per heavy atom. The summed E-state index contributed by atoms with van der Waals surface area (Å²) in [7, 11) is 1.07. The van der Waals surface area contributed by atoms with Crippen LogP contribution in [0.25, 0.3) is 0 Å². The minimum atomic E-state index is -2.29. The third-order valence-corrected chi connectivity index (χ3v) is 10.9. The van der Waals surface area contributed by atoms with Crippen molar-refractivity contribution in [2.45, 2.75) is 89.4 Å². The second-order valence-corrected chi connectivity index (χ2v) is 14.0. The Morgan fingerprint density at radius 3 is 2.48 bits per heavy atom. The smallest absolute Gasteiger partial charge is 0.348 e. The first-order chi connectivity index (χ1) is 22.5. The van der Waals surface area contributed by atoms with Gasteiger partial charge in [-0.3, -0.25) is 9.79 Å². The minimum absolute atomic E-state index is 0.0814.